The molecule has 1 fully saturated rings. The topological polar surface area (TPSA) is 55.1 Å². The first kappa shape index (κ1) is 16.9. The van der Waals surface area contributed by atoms with Crippen LogP contribution in [0.2, 0.25) is 0 Å². The lowest BCUT2D eigenvalue weighted by atomic mass is 9.82. The number of carbonyl (C=O) groups is 1. The van der Waals surface area contributed by atoms with Crippen molar-refractivity contribution in [1.82, 2.24) is 5.32 Å². The zero-order valence-corrected chi connectivity index (χ0v) is 12.6. The van der Waals surface area contributed by atoms with Gasteiger partial charge in [0.25, 0.3) is 5.91 Å². The van der Waals surface area contributed by atoms with E-state index in [2.05, 4.69) is 5.32 Å². The Morgan fingerprint density at radius 3 is 2.60 bits per heavy atom. The first-order valence-corrected chi connectivity index (χ1v) is 6.83. The van der Waals surface area contributed by atoms with Crippen molar-refractivity contribution in [3.63, 3.8) is 0 Å². The Bertz CT molecular complexity index is 473. The number of benzene rings is 1. The maximum absolute atomic E-state index is 13.0. The van der Waals surface area contributed by atoms with Crippen LogP contribution < -0.4 is 11.1 Å². The van der Waals surface area contributed by atoms with Crippen LogP contribution >= 0.6 is 12.4 Å². The van der Waals surface area contributed by atoms with Crippen molar-refractivity contribution in [3.05, 3.63) is 35.1 Å². The van der Waals surface area contributed by atoms with Crippen LogP contribution in [0.25, 0.3) is 0 Å². The van der Waals surface area contributed by atoms with Gasteiger partial charge in [0.2, 0.25) is 0 Å². The molecule has 0 radical (unpaired) electrons. The number of carbonyl (C=O) groups excluding carboxylic acids is 1. The highest BCUT2D eigenvalue weighted by Crippen LogP contribution is 2.25. The molecule has 0 unspecified atom stereocenters. The van der Waals surface area contributed by atoms with Crippen LogP contribution in [0.4, 0.5) is 4.39 Å². The number of hydrogen-bond donors (Lipinski definition) is 2. The number of nitrogens with two attached hydrogens (primary N) is 1. The zero-order chi connectivity index (χ0) is 13.9. The Morgan fingerprint density at radius 2 is 2.00 bits per heavy atom. The van der Waals surface area contributed by atoms with Gasteiger partial charge in [0, 0.05) is 17.6 Å². The summed E-state index contributed by atoms with van der Waals surface area (Å²) in [5.74, 6) is -0.496. The van der Waals surface area contributed by atoms with E-state index in [0.717, 1.165) is 25.7 Å². The summed E-state index contributed by atoms with van der Waals surface area (Å²) >= 11 is 0. The number of halogens is 2. The molecule has 1 amide bonds. The minimum absolute atomic E-state index is 0. The van der Waals surface area contributed by atoms with E-state index < -0.39 is 0 Å². The van der Waals surface area contributed by atoms with Gasteiger partial charge in [-0.2, -0.15) is 0 Å². The highest BCUT2D eigenvalue weighted by molar-refractivity contribution is 5.95. The maximum atomic E-state index is 13.0. The van der Waals surface area contributed by atoms with Crippen molar-refractivity contribution in [1.29, 1.82) is 0 Å². The van der Waals surface area contributed by atoms with Crippen LogP contribution in [-0.2, 0) is 0 Å². The summed E-state index contributed by atoms with van der Waals surface area (Å²) < 4.78 is 13.0. The van der Waals surface area contributed by atoms with Gasteiger partial charge in [-0.05, 0) is 43.5 Å². The van der Waals surface area contributed by atoms with E-state index in [1.54, 1.807) is 6.92 Å². The molecule has 0 saturated heterocycles. The predicted molar refractivity (Wildman–Crippen MR) is 80.7 cm³/mol. The Labute approximate surface area is 125 Å². The van der Waals surface area contributed by atoms with E-state index in [4.69, 9.17) is 5.73 Å². The SMILES string of the molecule is Cc1cc(F)ccc1C(=O)NCC1(N)CCCCC1.Cl. The van der Waals surface area contributed by atoms with Gasteiger partial charge in [0.1, 0.15) is 5.82 Å². The second-order valence-corrected chi connectivity index (χ2v) is 5.56. The summed E-state index contributed by atoms with van der Waals surface area (Å²) in [5, 5.41) is 2.88. The van der Waals surface area contributed by atoms with Gasteiger partial charge in [-0.3, -0.25) is 4.79 Å². The lowest BCUT2D eigenvalue weighted by molar-refractivity contribution is 0.0937. The summed E-state index contributed by atoms with van der Waals surface area (Å²) in [5.41, 5.74) is 7.16. The van der Waals surface area contributed by atoms with Gasteiger partial charge >= 0.3 is 0 Å². The highest BCUT2D eigenvalue weighted by atomic mass is 35.5. The van der Waals surface area contributed by atoms with Crippen molar-refractivity contribution in [2.75, 3.05) is 6.54 Å². The molecule has 0 heterocycles. The summed E-state index contributed by atoms with van der Waals surface area (Å²) in [6, 6.07) is 4.19. The molecule has 0 aromatic heterocycles. The minimum Gasteiger partial charge on any atom is -0.350 e. The summed E-state index contributed by atoms with van der Waals surface area (Å²) in [4.78, 5) is 12.1. The third-order valence-corrected chi connectivity index (χ3v) is 3.88. The van der Waals surface area contributed by atoms with Gasteiger partial charge in [0.05, 0.1) is 0 Å². The van der Waals surface area contributed by atoms with Crippen LogP contribution in [0.1, 0.15) is 48.0 Å². The standard InChI is InChI=1S/C15H21FN2O.ClH/c1-11-9-12(16)5-6-13(11)14(19)18-10-15(17)7-3-2-4-8-15;/h5-6,9H,2-4,7-8,10,17H2,1H3,(H,18,19);1H. The highest BCUT2D eigenvalue weighted by Gasteiger charge is 2.27. The van der Waals surface area contributed by atoms with Crippen LogP contribution in [0, 0.1) is 12.7 Å². The second-order valence-electron chi connectivity index (χ2n) is 5.56. The Hall–Kier alpha value is -1.13. The van der Waals surface area contributed by atoms with E-state index in [0.29, 0.717) is 17.7 Å². The Kier molecular flexibility index (Phi) is 5.96. The number of hydrogen-bond acceptors (Lipinski definition) is 2. The van der Waals surface area contributed by atoms with Gasteiger partial charge < -0.3 is 11.1 Å². The van der Waals surface area contributed by atoms with Gasteiger partial charge in [0.15, 0.2) is 0 Å². The fourth-order valence-corrected chi connectivity index (χ4v) is 2.67. The lowest BCUT2D eigenvalue weighted by Gasteiger charge is -2.33. The van der Waals surface area contributed by atoms with Crippen molar-refractivity contribution < 1.29 is 9.18 Å². The molecule has 1 aromatic rings. The molecule has 3 N–H and O–H groups in total. The zero-order valence-electron chi connectivity index (χ0n) is 11.7. The fourth-order valence-electron chi connectivity index (χ4n) is 2.67. The molecule has 0 atom stereocenters. The molecular formula is C15H22ClFN2O. The average Bonchev–Trinajstić information content (AvgIpc) is 2.37. The summed E-state index contributed by atoms with van der Waals surface area (Å²) in [6.45, 7) is 2.22. The molecular weight excluding hydrogens is 279 g/mol. The van der Waals surface area contributed by atoms with Crippen LogP contribution in [0.3, 0.4) is 0 Å². The quantitative estimate of drug-likeness (QED) is 0.902. The largest absolute Gasteiger partial charge is 0.350 e. The molecule has 5 heteroatoms. The molecule has 2 rings (SSSR count). The van der Waals surface area contributed by atoms with Crippen LogP contribution in [0.15, 0.2) is 18.2 Å². The van der Waals surface area contributed by atoms with Crippen molar-refractivity contribution in [2.24, 2.45) is 5.73 Å². The number of nitrogens with one attached hydrogen (secondary N) is 1. The summed E-state index contributed by atoms with van der Waals surface area (Å²) in [6.07, 6.45) is 5.39. The average molecular weight is 301 g/mol. The third kappa shape index (κ3) is 4.18. The van der Waals surface area contributed by atoms with E-state index in [1.807, 2.05) is 0 Å². The van der Waals surface area contributed by atoms with Crippen molar-refractivity contribution >= 4 is 18.3 Å². The first-order chi connectivity index (χ1) is 9.00. The number of amides is 1. The normalized spacial score (nSPS) is 17.1. The lowest BCUT2D eigenvalue weighted by Crippen LogP contribution is -2.51. The first-order valence-electron chi connectivity index (χ1n) is 6.83. The summed E-state index contributed by atoms with van der Waals surface area (Å²) in [7, 11) is 0. The molecule has 0 aliphatic heterocycles. The van der Waals surface area contributed by atoms with Crippen LogP contribution in [-0.4, -0.2) is 18.0 Å². The molecule has 0 bridgehead atoms. The molecule has 1 aromatic carbocycles. The number of aryl methyl sites for hydroxylation is 1. The molecule has 1 saturated carbocycles. The van der Waals surface area contributed by atoms with Gasteiger partial charge in [-0.1, -0.05) is 19.3 Å². The molecule has 3 nitrogen and oxygen atoms in total. The smallest absolute Gasteiger partial charge is 0.251 e. The molecule has 1 aliphatic carbocycles. The maximum Gasteiger partial charge on any atom is 0.251 e. The number of rotatable bonds is 3. The second kappa shape index (κ2) is 7.04. The van der Waals surface area contributed by atoms with Crippen LogP contribution in [0.5, 0.6) is 0 Å². The molecule has 20 heavy (non-hydrogen) atoms. The van der Waals surface area contributed by atoms with E-state index >= 15 is 0 Å². The Balaban J connectivity index is 0.00000200. The minimum atomic E-state index is -0.323. The van der Waals surface area contributed by atoms with Gasteiger partial charge in [-0.15, -0.1) is 12.4 Å². The predicted octanol–water partition coefficient (Wildman–Crippen LogP) is 2.95. The van der Waals surface area contributed by atoms with Crippen molar-refractivity contribution in [2.45, 2.75) is 44.6 Å². The van der Waals surface area contributed by atoms with E-state index in [1.165, 1.54) is 24.6 Å². The molecule has 1 aliphatic rings. The van der Waals surface area contributed by atoms with Gasteiger partial charge in [-0.25, -0.2) is 4.39 Å². The van der Waals surface area contributed by atoms with E-state index in [9.17, 15) is 9.18 Å². The van der Waals surface area contributed by atoms with Crippen molar-refractivity contribution in [3.8, 4) is 0 Å². The molecule has 0 spiro atoms. The fraction of sp³-hybridized carbons (Fsp3) is 0.533. The van der Waals surface area contributed by atoms with E-state index in [-0.39, 0.29) is 29.7 Å². The third-order valence-electron chi connectivity index (χ3n) is 3.88. The monoisotopic (exact) mass is 300 g/mol. The molecule has 112 valence electrons. The Morgan fingerprint density at radius 1 is 1.35 bits per heavy atom.